The molecule has 0 aliphatic rings. The Labute approximate surface area is 120 Å². The Bertz CT molecular complexity index is 552. The van der Waals surface area contributed by atoms with Crippen molar-refractivity contribution >= 4 is 15.9 Å². The van der Waals surface area contributed by atoms with Gasteiger partial charge in [0.2, 0.25) is 10.0 Å². The zero-order valence-corrected chi connectivity index (χ0v) is 13.0. The molecule has 0 spiro atoms. The van der Waals surface area contributed by atoms with Crippen LogP contribution < -0.4 is 10.5 Å². The standard InChI is InChI=1S/C14H22N2O3S/c1-4-14(5-2,6-3)16-13(17)11-7-9-12(10-8-11)20(15,18)19/h7-10H,4-6H2,1-3H3,(H,16,17)(H2,15,18,19). The van der Waals surface area contributed by atoms with Gasteiger partial charge in [-0.3, -0.25) is 4.79 Å². The number of carbonyl (C=O) groups excluding carboxylic acids is 1. The van der Waals surface area contributed by atoms with Crippen LogP contribution in [0, 0.1) is 0 Å². The highest BCUT2D eigenvalue weighted by molar-refractivity contribution is 7.89. The summed E-state index contributed by atoms with van der Waals surface area (Å²) in [6, 6.07) is 5.63. The molecule has 1 aromatic rings. The Morgan fingerprint density at radius 1 is 1.10 bits per heavy atom. The van der Waals surface area contributed by atoms with E-state index in [1.165, 1.54) is 24.3 Å². The van der Waals surface area contributed by atoms with Crippen molar-refractivity contribution in [3.05, 3.63) is 29.8 Å². The maximum atomic E-state index is 12.2. The Morgan fingerprint density at radius 3 is 1.90 bits per heavy atom. The zero-order chi connectivity index (χ0) is 15.4. The molecule has 0 aromatic heterocycles. The van der Waals surface area contributed by atoms with Gasteiger partial charge in [0.15, 0.2) is 0 Å². The SMILES string of the molecule is CCC(CC)(CC)NC(=O)c1ccc(S(N)(=O)=O)cc1. The van der Waals surface area contributed by atoms with E-state index in [0.29, 0.717) is 5.56 Å². The summed E-state index contributed by atoms with van der Waals surface area (Å²) in [5, 5.41) is 8.06. The highest BCUT2D eigenvalue weighted by Crippen LogP contribution is 2.20. The Hall–Kier alpha value is -1.40. The fourth-order valence-electron chi connectivity index (χ4n) is 2.12. The first-order chi connectivity index (χ1) is 9.28. The molecule has 0 aliphatic heterocycles. The Kier molecular flexibility index (Phi) is 5.30. The Balaban J connectivity index is 2.94. The summed E-state index contributed by atoms with van der Waals surface area (Å²) < 4.78 is 22.3. The van der Waals surface area contributed by atoms with Gasteiger partial charge in [-0.2, -0.15) is 0 Å². The van der Waals surface area contributed by atoms with E-state index in [1.54, 1.807) is 0 Å². The molecule has 0 atom stereocenters. The van der Waals surface area contributed by atoms with E-state index in [0.717, 1.165) is 19.3 Å². The molecular formula is C14H22N2O3S. The summed E-state index contributed by atoms with van der Waals surface area (Å²) in [6.07, 6.45) is 2.54. The molecule has 0 aliphatic carbocycles. The summed E-state index contributed by atoms with van der Waals surface area (Å²) in [5.74, 6) is -0.198. The number of carbonyl (C=O) groups is 1. The number of amides is 1. The smallest absolute Gasteiger partial charge is 0.251 e. The van der Waals surface area contributed by atoms with Crippen LogP contribution in [0.3, 0.4) is 0 Å². The van der Waals surface area contributed by atoms with Crippen LogP contribution in [0.25, 0.3) is 0 Å². The largest absolute Gasteiger partial charge is 0.347 e. The minimum Gasteiger partial charge on any atom is -0.347 e. The first-order valence-electron chi connectivity index (χ1n) is 6.73. The van der Waals surface area contributed by atoms with Gasteiger partial charge in [0.1, 0.15) is 0 Å². The number of hydrogen-bond donors (Lipinski definition) is 2. The second kappa shape index (κ2) is 6.37. The number of nitrogens with one attached hydrogen (secondary N) is 1. The topological polar surface area (TPSA) is 89.3 Å². The van der Waals surface area contributed by atoms with Crippen molar-refractivity contribution in [3.63, 3.8) is 0 Å². The Morgan fingerprint density at radius 2 is 1.55 bits per heavy atom. The van der Waals surface area contributed by atoms with Crippen LogP contribution in [0.5, 0.6) is 0 Å². The van der Waals surface area contributed by atoms with Crippen LogP contribution in [0.4, 0.5) is 0 Å². The molecule has 5 nitrogen and oxygen atoms in total. The van der Waals surface area contributed by atoms with E-state index >= 15 is 0 Å². The highest BCUT2D eigenvalue weighted by atomic mass is 32.2. The van der Waals surface area contributed by atoms with Crippen LogP contribution in [0.15, 0.2) is 29.2 Å². The van der Waals surface area contributed by atoms with E-state index in [1.807, 2.05) is 20.8 Å². The van der Waals surface area contributed by atoms with E-state index < -0.39 is 10.0 Å². The number of primary sulfonamides is 1. The van der Waals surface area contributed by atoms with Crippen molar-refractivity contribution in [3.8, 4) is 0 Å². The summed E-state index contributed by atoms with van der Waals surface area (Å²) in [6.45, 7) is 6.12. The molecular weight excluding hydrogens is 276 g/mol. The van der Waals surface area contributed by atoms with Crippen molar-refractivity contribution in [1.29, 1.82) is 0 Å². The van der Waals surface area contributed by atoms with Crippen LogP contribution in [-0.2, 0) is 10.0 Å². The van der Waals surface area contributed by atoms with Crippen molar-refractivity contribution in [2.24, 2.45) is 5.14 Å². The van der Waals surface area contributed by atoms with Gasteiger partial charge in [-0.25, -0.2) is 13.6 Å². The molecule has 0 saturated carbocycles. The van der Waals surface area contributed by atoms with Gasteiger partial charge >= 0.3 is 0 Å². The quantitative estimate of drug-likeness (QED) is 0.842. The van der Waals surface area contributed by atoms with Crippen LogP contribution in [0.2, 0.25) is 0 Å². The lowest BCUT2D eigenvalue weighted by molar-refractivity contribution is 0.0888. The third kappa shape index (κ3) is 3.80. The fraction of sp³-hybridized carbons (Fsp3) is 0.500. The predicted molar refractivity (Wildman–Crippen MR) is 78.9 cm³/mol. The predicted octanol–water partition coefficient (Wildman–Crippen LogP) is 2.03. The lowest BCUT2D eigenvalue weighted by Crippen LogP contribution is -2.47. The van der Waals surface area contributed by atoms with Crippen molar-refractivity contribution in [1.82, 2.24) is 5.32 Å². The molecule has 0 heterocycles. The third-order valence-electron chi connectivity index (χ3n) is 3.85. The molecule has 0 radical (unpaired) electrons. The average molecular weight is 298 g/mol. The summed E-state index contributed by atoms with van der Waals surface area (Å²) in [7, 11) is -3.73. The molecule has 1 aromatic carbocycles. The first kappa shape index (κ1) is 16.7. The minimum atomic E-state index is -3.73. The van der Waals surface area contributed by atoms with Gasteiger partial charge in [-0.1, -0.05) is 20.8 Å². The maximum absolute atomic E-state index is 12.2. The van der Waals surface area contributed by atoms with Gasteiger partial charge in [-0.05, 0) is 43.5 Å². The normalized spacial score (nSPS) is 12.2. The molecule has 0 bridgehead atoms. The molecule has 0 fully saturated rings. The van der Waals surface area contributed by atoms with Gasteiger partial charge < -0.3 is 5.32 Å². The van der Waals surface area contributed by atoms with Crippen LogP contribution in [-0.4, -0.2) is 19.9 Å². The zero-order valence-electron chi connectivity index (χ0n) is 12.1. The van der Waals surface area contributed by atoms with Crippen LogP contribution >= 0.6 is 0 Å². The van der Waals surface area contributed by atoms with E-state index in [9.17, 15) is 13.2 Å². The fourth-order valence-corrected chi connectivity index (χ4v) is 2.64. The van der Waals surface area contributed by atoms with Gasteiger partial charge in [-0.15, -0.1) is 0 Å². The molecule has 6 heteroatoms. The lowest BCUT2D eigenvalue weighted by atomic mass is 9.89. The number of rotatable bonds is 6. The summed E-state index contributed by atoms with van der Waals surface area (Å²) >= 11 is 0. The van der Waals surface area contributed by atoms with Crippen molar-refractivity contribution in [2.75, 3.05) is 0 Å². The molecule has 0 saturated heterocycles. The molecule has 0 unspecified atom stereocenters. The van der Waals surface area contributed by atoms with E-state index in [2.05, 4.69) is 5.32 Å². The third-order valence-corrected chi connectivity index (χ3v) is 4.78. The first-order valence-corrected chi connectivity index (χ1v) is 8.28. The van der Waals surface area contributed by atoms with Crippen molar-refractivity contribution < 1.29 is 13.2 Å². The van der Waals surface area contributed by atoms with Gasteiger partial charge in [0.05, 0.1) is 4.90 Å². The average Bonchev–Trinajstić information content (AvgIpc) is 2.44. The van der Waals surface area contributed by atoms with E-state index in [-0.39, 0.29) is 16.3 Å². The summed E-state index contributed by atoms with van der Waals surface area (Å²) in [5.41, 5.74) is 0.215. The van der Waals surface area contributed by atoms with E-state index in [4.69, 9.17) is 5.14 Å². The molecule has 20 heavy (non-hydrogen) atoms. The number of hydrogen-bond acceptors (Lipinski definition) is 3. The second-order valence-corrected chi connectivity index (χ2v) is 6.43. The number of sulfonamides is 1. The number of nitrogens with two attached hydrogens (primary N) is 1. The lowest BCUT2D eigenvalue weighted by Gasteiger charge is -2.31. The molecule has 3 N–H and O–H groups in total. The number of benzene rings is 1. The summed E-state index contributed by atoms with van der Waals surface area (Å²) in [4.78, 5) is 12.2. The second-order valence-electron chi connectivity index (χ2n) is 4.86. The maximum Gasteiger partial charge on any atom is 0.251 e. The van der Waals surface area contributed by atoms with Crippen LogP contribution in [0.1, 0.15) is 50.4 Å². The van der Waals surface area contributed by atoms with Gasteiger partial charge in [0, 0.05) is 11.1 Å². The highest BCUT2D eigenvalue weighted by Gasteiger charge is 2.26. The molecule has 1 rings (SSSR count). The molecule has 112 valence electrons. The van der Waals surface area contributed by atoms with Gasteiger partial charge in [0.25, 0.3) is 5.91 Å². The van der Waals surface area contributed by atoms with Crippen molar-refractivity contribution in [2.45, 2.75) is 50.5 Å². The molecule has 1 amide bonds. The minimum absolute atomic E-state index is 0.00166. The monoisotopic (exact) mass is 298 g/mol.